The molecule has 0 aliphatic heterocycles. The number of aliphatic hydroxyl groups is 1. The highest BCUT2D eigenvalue weighted by molar-refractivity contribution is 5.81. The van der Waals surface area contributed by atoms with Gasteiger partial charge in [-0.05, 0) is 5.56 Å². The van der Waals surface area contributed by atoms with Crippen LogP contribution in [0, 0.1) is 0 Å². The first-order valence-corrected chi connectivity index (χ1v) is 5.49. The van der Waals surface area contributed by atoms with E-state index in [0.29, 0.717) is 19.5 Å². The number of carbonyl (C=O) groups excluding carboxylic acids is 2. The first-order chi connectivity index (χ1) is 8.22. The van der Waals surface area contributed by atoms with Gasteiger partial charge in [-0.2, -0.15) is 0 Å². The molecule has 4 nitrogen and oxygen atoms in total. The van der Waals surface area contributed by atoms with Crippen molar-refractivity contribution in [3.05, 3.63) is 35.9 Å². The van der Waals surface area contributed by atoms with E-state index >= 15 is 0 Å². The Balaban J connectivity index is 2.12. The summed E-state index contributed by atoms with van der Waals surface area (Å²) in [6, 6.07) is 9.65. The van der Waals surface area contributed by atoms with E-state index < -0.39 is 6.10 Å². The van der Waals surface area contributed by atoms with Crippen molar-refractivity contribution in [1.29, 1.82) is 0 Å². The summed E-state index contributed by atoms with van der Waals surface area (Å²) in [4.78, 5) is 21.3. The fourth-order valence-corrected chi connectivity index (χ4v) is 1.33. The van der Waals surface area contributed by atoms with E-state index in [1.54, 1.807) is 0 Å². The fourth-order valence-electron chi connectivity index (χ4n) is 1.33. The maximum absolute atomic E-state index is 11.2. The van der Waals surface area contributed by atoms with Crippen LogP contribution in [0.4, 0.5) is 0 Å². The lowest BCUT2D eigenvalue weighted by Crippen LogP contribution is -2.15. The Morgan fingerprint density at radius 2 is 2.06 bits per heavy atom. The van der Waals surface area contributed by atoms with Crippen molar-refractivity contribution >= 4 is 12.1 Å². The molecule has 0 unspecified atom stereocenters. The summed E-state index contributed by atoms with van der Waals surface area (Å²) in [6.45, 7) is 0.768. The van der Waals surface area contributed by atoms with Crippen LogP contribution in [0.2, 0.25) is 0 Å². The number of rotatable bonds is 8. The average Bonchev–Trinajstić information content (AvgIpc) is 2.36. The van der Waals surface area contributed by atoms with Crippen molar-refractivity contribution in [1.82, 2.24) is 0 Å². The molecule has 4 heteroatoms. The summed E-state index contributed by atoms with van der Waals surface area (Å²) in [6.07, 6.45) is -0.727. The fraction of sp³-hybridized carbons (Fsp3) is 0.385. The number of ketones is 1. The van der Waals surface area contributed by atoms with Crippen molar-refractivity contribution in [3.63, 3.8) is 0 Å². The molecule has 1 aromatic rings. The zero-order chi connectivity index (χ0) is 12.5. The van der Waals surface area contributed by atoms with Crippen molar-refractivity contribution in [3.8, 4) is 0 Å². The predicted molar refractivity (Wildman–Crippen MR) is 62.4 cm³/mol. The highest BCUT2D eigenvalue weighted by Gasteiger charge is 2.09. The van der Waals surface area contributed by atoms with Gasteiger partial charge in [0.1, 0.15) is 18.2 Å². The SMILES string of the molecule is O=C[C@H](O)CC(=O)CCOCc1ccccc1. The minimum absolute atomic E-state index is 0.127. The molecule has 1 N–H and O–H groups in total. The minimum Gasteiger partial charge on any atom is -0.385 e. The van der Waals surface area contributed by atoms with Crippen LogP contribution in [0.25, 0.3) is 0 Å². The van der Waals surface area contributed by atoms with E-state index in [1.807, 2.05) is 30.3 Å². The van der Waals surface area contributed by atoms with Gasteiger partial charge >= 0.3 is 0 Å². The topological polar surface area (TPSA) is 63.6 Å². The summed E-state index contributed by atoms with van der Waals surface area (Å²) >= 11 is 0. The predicted octanol–water partition coefficient (Wildman–Crippen LogP) is 1.11. The number of aldehydes is 1. The minimum atomic E-state index is -1.18. The molecule has 0 aliphatic rings. The van der Waals surface area contributed by atoms with Crippen LogP contribution in [0.15, 0.2) is 30.3 Å². The van der Waals surface area contributed by atoms with Crippen LogP contribution in [-0.4, -0.2) is 29.9 Å². The largest absolute Gasteiger partial charge is 0.385 e. The number of ether oxygens (including phenoxy) is 1. The summed E-state index contributed by atoms with van der Waals surface area (Å²) in [5.74, 6) is -0.169. The van der Waals surface area contributed by atoms with E-state index in [4.69, 9.17) is 9.84 Å². The summed E-state index contributed by atoms with van der Waals surface area (Å²) in [7, 11) is 0. The van der Waals surface area contributed by atoms with Gasteiger partial charge in [-0.1, -0.05) is 30.3 Å². The van der Waals surface area contributed by atoms with E-state index in [-0.39, 0.29) is 18.6 Å². The first kappa shape index (κ1) is 13.5. The number of benzene rings is 1. The first-order valence-electron chi connectivity index (χ1n) is 5.49. The molecule has 0 aromatic heterocycles. The number of hydrogen-bond donors (Lipinski definition) is 1. The van der Waals surface area contributed by atoms with Crippen molar-refractivity contribution in [2.75, 3.05) is 6.61 Å². The van der Waals surface area contributed by atoms with Gasteiger partial charge in [0.2, 0.25) is 0 Å². The van der Waals surface area contributed by atoms with Crippen LogP contribution >= 0.6 is 0 Å². The monoisotopic (exact) mass is 236 g/mol. The highest BCUT2D eigenvalue weighted by Crippen LogP contribution is 2.02. The molecule has 0 spiro atoms. The van der Waals surface area contributed by atoms with Crippen LogP contribution < -0.4 is 0 Å². The lowest BCUT2D eigenvalue weighted by molar-refractivity contribution is -0.126. The van der Waals surface area contributed by atoms with Gasteiger partial charge in [0.15, 0.2) is 0 Å². The van der Waals surface area contributed by atoms with Gasteiger partial charge in [-0.25, -0.2) is 0 Å². The second-order valence-electron chi connectivity index (χ2n) is 3.73. The third-order valence-corrected chi connectivity index (χ3v) is 2.23. The molecule has 0 aliphatic carbocycles. The Morgan fingerprint density at radius 3 is 2.71 bits per heavy atom. The number of hydrogen-bond acceptors (Lipinski definition) is 4. The second kappa shape index (κ2) is 7.70. The van der Waals surface area contributed by atoms with Gasteiger partial charge < -0.3 is 14.6 Å². The molecule has 0 saturated heterocycles. The van der Waals surface area contributed by atoms with E-state index in [2.05, 4.69) is 0 Å². The molecule has 17 heavy (non-hydrogen) atoms. The Bertz CT molecular complexity index is 348. The van der Waals surface area contributed by atoms with Gasteiger partial charge in [-0.15, -0.1) is 0 Å². The zero-order valence-electron chi connectivity index (χ0n) is 9.54. The smallest absolute Gasteiger partial charge is 0.148 e. The van der Waals surface area contributed by atoms with Crippen LogP contribution in [-0.2, 0) is 20.9 Å². The maximum Gasteiger partial charge on any atom is 0.148 e. The third-order valence-electron chi connectivity index (χ3n) is 2.23. The molecule has 0 amide bonds. The third kappa shape index (κ3) is 5.94. The van der Waals surface area contributed by atoms with Crippen LogP contribution in [0.3, 0.4) is 0 Å². The Kier molecular flexibility index (Phi) is 6.14. The van der Waals surface area contributed by atoms with Gasteiger partial charge in [-0.3, -0.25) is 4.79 Å². The molecule has 0 heterocycles. The molecule has 0 saturated carbocycles. The average molecular weight is 236 g/mol. The molecule has 1 aromatic carbocycles. The maximum atomic E-state index is 11.2. The molecule has 0 bridgehead atoms. The van der Waals surface area contributed by atoms with E-state index in [0.717, 1.165) is 5.56 Å². The molecule has 0 radical (unpaired) electrons. The van der Waals surface area contributed by atoms with Gasteiger partial charge in [0.25, 0.3) is 0 Å². The Hall–Kier alpha value is -1.52. The zero-order valence-corrected chi connectivity index (χ0v) is 9.54. The highest BCUT2D eigenvalue weighted by atomic mass is 16.5. The summed E-state index contributed by atoms with van der Waals surface area (Å²) < 4.78 is 5.31. The van der Waals surface area contributed by atoms with Crippen molar-refractivity contribution < 1.29 is 19.4 Å². The molecular formula is C13H16O4. The van der Waals surface area contributed by atoms with Crippen molar-refractivity contribution in [2.24, 2.45) is 0 Å². The Morgan fingerprint density at radius 1 is 1.35 bits per heavy atom. The van der Waals surface area contributed by atoms with Crippen LogP contribution in [0.1, 0.15) is 18.4 Å². The standard InChI is InChI=1S/C13H16O4/c14-9-13(16)8-12(15)6-7-17-10-11-4-2-1-3-5-11/h1-5,9,13,16H,6-8,10H2/t13-/m1/s1. The molecule has 92 valence electrons. The lowest BCUT2D eigenvalue weighted by Gasteiger charge is -2.04. The van der Waals surface area contributed by atoms with Gasteiger partial charge in [0.05, 0.1) is 13.2 Å². The molecular weight excluding hydrogens is 220 g/mol. The molecule has 0 fully saturated rings. The van der Waals surface area contributed by atoms with Gasteiger partial charge in [0, 0.05) is 12.8 Å². The second-order valence-corrected chi connectivity index (χ2v) is 3.73. The molecule has 1 rings (SSSR count). The summed E-state index contributed by atoms with van der Waals surface area (Å²) in [5.41, 5.74) is 1.05. The Labute approximate surface area is 100 Å². The van der Waals surface area contributed by atoms with E-state index in [9.17, 15) is 9.59 Å². The number of Topliss-reactive ketones (excluding diaryl/α,β-unsaturated/α-hetero) is 1. The summed E-state index contributed by atoms with van der Waals surface area (Å²) in [5, 5.41) is 8.93. The quantitative estimate of drug-likeness (QED) is 0.542. The van der Waals surface area contributed by atoms with Crippen LogP contribution in [0.5, 0.6) is 0 Å². The normalized spacial score (nSPS) is 12.1. The molecule has 1 atom stereocenters. The lowest BCUT2D eigenvalue weighted by atomic mass is 10.1. The number of aliphatic hydroxyl groups excluding tert-OH is 1. The van der Waals surface area contributed by atoms with E-state index in [1.165, 1.54) is 0 Å². The number of carbonyl (C=O) groups is 2. The van der Waals surface area contributed by atoms with Crippen molar-refractivity contribution in [2.45, 2.75) is 25.6 Å².